The molecule has 0 saturated carbocycles. The topological polar surface area (TPSA) is 86.1 Å². The largest absolute Gasteiger partial charge is 0.383 e. The fourth-order valence-corrected chi connectivity index (χ4v) is 4.98. The molecule has 1 aliphatic carbocycles. The summed E-state index contributed by atoms with van der Waals surface area (Å²) < 4.78 is 7.30. The smallest absolute Gasteiger partial charge is 0.221 e. The van der Waals surface area contributed by atoms with Crippen LogP contribution >= 0.6 is 11.8 Å². The molecule has 1 amide bonds. The number of nitrogens with zero attached hydrogens (tertiary/aromatic N) is 3. The molecule has 2 aliphatic rings. The molecule has 32 heavy (non-hydrogen) atoms. The Labute approximate surface area is 192 Å². The van der Waals surface area contributed by atoms with E-state index in [0.29, 0.717) is 44.4 Å². The molecule has 2 heterocycles. The van der Waals surface area contributed by atoms with Crippen LogP contribution in [0.25, 0.3) is 0 Å². The number of aromatic nitrogens is 3. The summed E-state index contributed by atoms with van der Waals surface area (Å²) in [6, 6.07) is 10.1. The van der Waals surface area contributed by atoms with Gasteiger partial charge in [0.15, 0.2) is 10.9 Å². The molecule has 2 aromatic rings. The molecule has 4 rings (SSSR count). The van der Waals surface area contributed by atoms with Gasteiger partial charge in [0.2, 0.25) is 5.91 Å². The third kappa shape index (κ3) is 5.02. The number of hydrogen-bond donors (Lipinski definition) is 1. The molecular formula is C24H28N4O3S. The van der Waals surface area contributed by atoms with E-state index in [1.54, 1.807) is 7.11 Å². The molecule has 1 fully saturated rings. The van der Waals surface area contributed by atoms with Crippen molar-refractivity contribution in [1.29, 1.82) is 0 Å². The number of rotatable bonds is 9. The molecule has 1 N–H and O–H groups in total. The number of thioether (sulfide) groups is 1. The first-order valence-electron chi connectivity index (χ1n) is 10.8. The molecule has 168 valence electrons. The summed E-state index contributed by atoms with van der Waals surface area (Å²) in [5, 5.41) is 12.5. The molecule has 8 heteroatoms. The number of amides is 1. The second-order valence-corrected chi connectivity index (χ2v) is 9.27. The normalized spacial score (nSPS) is 20.2. The van der Waals surface area contributed by atoms with Crippen molar-refractivity contribution < 1.29 is 14.3 Å². The number of ether oxygens (including phenoxy) is 1. The standard InChI is InChI=1S/C24H28N4O3S/c1-24-11-10-18(15-19(24)8-9-22(30)25-24)20(29)16-32-23-27-26-21(28(23)12-13-31-2)14-17-6-4-3-5-7-17/h3-7,10,15H,8-9,11-14,16H2,1-2H3,(H,25,30). The van der Waals surface area contributed by atoms with E-state index in [9.17, 15) is 9.59 Å². The number of hydrogen-bond acceptors (Lipinski definition) is 6. The zero-order valence-corrected chi connectivity index (χ0v) is 19.3. The minimum atomic E-state index is -0.362. The maximum Gasteiger partial charge on any atom is 0.221 e. The Morgan fingerprint density at radius 3 is 2.84 bits per heavy atom. The quantitative estimate of drug-likeness (QED) is 0.589. The Balaban J connectivity index is 1.44. The predicted molar refractivity (Wildman–Crippen MR) is 123 cm³/mol. The molecule has 1 unspecified atom stereocenters. The maximum atomic E-state index is 12.9. The molecular weight excluding hydrogens is 424 g/mol. The van der Waals surface area contributed by atoms with Crippen LogP contribution in [0.3, 0.4) is 0 Å². The van der Waals surface area contributed by atoms with Crippen LogP contribution in [0.4, 0.5) is 0 Å². The van der Waals surface area contributed by atoms with E-state index in [4.69, 9.17) is 4.74 Å². The van der Waals surface area contributed by atoms with Crippen LogP contribution < -0.4 is 5.32 Å². The van der Waals surface area contributed by atoms with Crippen molar-refractivity contribution in [1.82, 2.24) is 20.1 Å². The number of allylic oxidation sites excluding steroid dienone is 2. The van der Waals surface area contributed by atoms with Gasteiger partial charge in [0.1, 0.15) is 5.82 Å². The number of ketones is 1. The van der Waals surface area contributed by atoms with Gasteiger partial charge in [-0.05, 0) is 30.9 Å². The molecule has 1 aromatic heterocycles. The Hall–Kier alpha value is -2.71. The Morgan fingerprint density at radius 2 is 2.06 bits per heavy atom. The first-order chi connectivity index (χ1) is 15.5. The highest BCUT2D eigenvalue weighted by Crippen LogP contribution is 2.34. The summed E-state index contributed by atoms with van der Waals surface area (Å²) >= 11 is 1.40. The Morgan fingerprint density at radius 1 is 1.25 bits per heavy atom. The lowest BCUT2D eigenvalue weighted by molar-refractivity contribution is -0.123. The number of piperidine rings is 1. The number of carbonyl (C=O) groups is 2. The summed E-state index contributed by atoms with van der Waals surface area (Å²) in [7, 11) is 1.67. The van der Waals surface area contributed by atoms with E-state index in [2.05, 4.69) is 27.6 Å². The second-order valence-electron chi connectivity index (χ2n) is 8.33. The minimum absolute atomic E-state index is 0.0624. The monoisotopic (exact) mass is 452 g/mol. The van der Waals surface area contributed by atoms with Crippen molar-refractivity contribution in [3.8, 4) is 0 Å². The Kier molecular flexibility index (Phi) is 6.91. The zero-order chi connectivity index (χ0) is 22.6. The molecule has 0 bridgehead atoms. The van der Waals surface area contributed by atoms with Crippen molar-refractivity contribution in [3.05, 3.63) is 65.0 Å². The molecule has 1 aliphatic heterocycles. The maximum absolute atomic E-state index is 12.9. The number of nitrogens with one attached hydrogen (secondary N) is 1. The van der Waals surface area contributed by atoms with E-state index >= 15 is 0 Å². The van der Waals surface area contributed by atoms with E-state index in [-0.39, 0.29) is 23.0 Å². The van der Waals surface area contributed by atoms with Crippen LogP contribution in [-0.4, -0.2) is 51.5 Å². The molecule has 1 atom stereocenters. The highest BCUT2D eigenvalue weighted by atomic mass is 32.2. The lowest BCUT2D eigenvalue weighted by Crippen LogP contribution is -2.51. The average molecular weight is 453 g/mol. The van der Waals surface area contributed by atoms with Crippen LogP contribution in [0.5, 0.6) is 0 Å². The summed E-state index contributed by atoms with van der Waals surface area (Å²) in [6.07, 6.45) is 6.39. The zero-order valence-electron chi connectivity index (χ0n) is 18.5. The SMILES string of the molecule is COCCn1c(Cc2ccccc2)nnc1SCC(=O)C1=CCC2(C)NC(=O)CCC2=C1. The molecule has 0 spiro atoms. The third-order valence-electron chi connectivity index (χ3n) is 5.98. The van der Waals surface area contributed by atoms with Gasteiger partial charge in [-0.2, -0.15) is 0 Å². The number of fused-ring (bicyclic) bond motifs is 1. The van der Waals surface area contributed by atoms with Crippen molar-refractivity contribution in [2.24, 2.45) is 0 Å². The van der Waals surface area contributed by atoms with Crippen molar-refractivity contribution in [2.45, 2.75) is 49.8 Å². The van der Waals surface area contributed by atoms with Gasteiger partial charge in [-0.25, -0.2) is 0 Å². The van der Waals surface area contributed by atoms with Gasteiger partial charge in [0, 0.05) is 32.1 Å². The van der Waals surface area contributed by atoms with Gasteiger partial charge in [0.25, 0.3) is 0 Å². The van der Waals surface area contributed by atoms with Crippen LogP contribution in [0.2, 0.25) is 0 Å². The molecule has 1 saturated heterocycles. The number of carbonyl (C=O) groups excluding carboxylic acids is 2. The van der Waals surface area contributed by atoms with E-state index in [0.717, 1.165) is 22.1 Å². The molecule has 1 aromatic carbocycles. The summed E-state index contributed by atoms with van der Waals surface area (Å²) in [6.45, 7) is 3.20. The summed E-state index contributed by atoms with van der Waals surface area (Å²) in [4.78, 5) is 24.7. The fourth-order valence-electron chi connectivity index (χ4n) is 4.10. The van der Waals surface area contributed by atoms with Gasteiger partial charge in [0.05, 0.1) is 17.9 Å². The van der Waals surface area contributed by atoms with Gasteiger partial charge in [-0.3, -0.25) is 9.59 Å². The lowest BCUT2D eigenvalue weighted by Gasteiger charge is -2.39. The number of methoxy groups -OCH3 is 1. The summed E-state index contributed by atoms with van der Waals surface area (Å²) in [5.41, 5.74) is 2.64. The third-order valence-corrected chi connectivity index (χ3v) is 6.94. The fraction of sp³-hybridized carbons (Fsp3) is 0.417. The highest BCUT2D eigenvalue weighted by molar-refractivity contribution is 7.99. The van der Waals surface area contributed by atoms with Crippen molar-refractivity contribution in [3.63, 3.8) is 0 Å². The van der Waals surface area contributed by atoms with E-state index in [1.807, 2.05) is 41.8 Å². The molecule has 7 nitrogen and oxygen atoms in total. The lowest BCUT2D eigenvalue weighted by atomic mass is 9.77. The Bertz CT molecular complexity index is 1060. The van der Waals surface area contributed by atoms with Gasteiger partial charge in [-0.15, -0.1) is 10.2 Å². The highest BCUT2D eigenvalue weighted by Gasteiger charge is 2.36. The second kappa shape index (κ2) is 9.83. The number of benzene rings is 1. The van der Waals surface area contributed by atoms with Crippen molar-refractivity contribution >= 4 is 23.5 Å². The van der Waals surface area contributed by atoms with Gasteiger partial charge < -0.3 is 14.6 Å². The average Bonchev–Trinajstić information content (AvgIpc) is 3.17. The summed E-state index contributed by atoms with van der Waals surface area (Å²) in [5.74, 6) is 1.28. The van der Waals surface area contributed by atoms with Crippen LogP contribution in [-0.2, 0) is 27.3 Å². The minimum Gasteiger partial charge on any atom is -0.383 e. The molecule has 0 radical (unpaired) electrons. The van der Waals surface area contributed by atoms with E-state index in [1.165, 1.54) is 11.8 Å². The predicted octanol–water partition coefficient (Wildman–Crippen LogP) is 3.10. The van der Waals surface area contributed by atoms with Gasteiger partial charge in [-0.1, -0.05) is 54.2 Å². The van der Waals surface area contributed by atoms with E-state index < -0.39 is 0 Å². The van der Waals surface area contributed by atoms with Crippen LogP contribution in [0, 0.1) is 0 Å². The first-order valence-corrected chi connectivity index (χ1v) is 11.8. The number of Topliss-reactive ketones (excluding diaryl/α,β-unsaturated/α-hetero) is 1. The van der Waals surface area contributed by atoms with Gasteiger partial charge >= 0.3 is 0 Å². The van der Waals surface area contributed by atoms with Crippen molar-refractivity contribution in [2.75, 3.05) is 19.5 Å². The van der Waals surface area contributed by atoms with Crippen LogP contribution in [0.1, 0.15) is 37.6 Å². The first kappa shape index (κ1) is 22.5. The van der Waals surface area contributed by atoms with Crippen LogP contribution in [0.15, 0.2) is 58.8 Å².